The molecule has 0 spiro atoms. The van der Waals surface area contributed by atoms with Crippen molar-refractivity contribution in [3.8, 4) is 17.1 Å². The Kier molecular flexibility index (Phi) is 5.25. The Balaban J connectivity index is 1.56. The first-order chi connectivity index (χ1) is 13.6. The van der Waals surface area contributed by atoms with E-state index in [0.717, 1.165) is 12.8 Å². The summed E-state index contributed by atoms with van der Waals surface area (Å²) in [5, 5.41) is 4.62. The molecule has 3 heterocycles. The van der Waals surface area contributed by atoms with E-state index in [4.69, 9.17) is 20.9 Å². The Morgan fingerprint density at radius 1 is 1.32 bits per heavy atom. The summed E-state index contributed by atoms with van der Waals surface area (Å²) in [5.74, 6) is 0.843. The predicted molar refractivity (Wildman–Crippen MR) is 103 cm³/mol. The number of hydrogen-bond acceptors (Lipinski definition) is 6. The Labute approximate surface area is 167 Å². The molecule has 0 aliphatic carbocycles. The van der Waals surface area contributed by atoms with Gasteiger partial charge in [0.25, 0.3) is 5.91 Å². The van der Waals surface area contributed by atoms with E-state index in [0.29, 0.717) is 46.6 Å². The maximum atomic E-state index is 13.3. The molecule has 1 unspecified atom stereocenters. The minimum atomic E-state index is -0.135. The SMILES string of the molecule is Cc1onc(-c2ccccc2Cl)c1C(=O)N1CCCC(Oc2ccncn2)C1. The highest BCUT2D eigenvalue weighted by molar-refractivity contribution is 6.33. The van der Waals surface area contributed by atoms with E-state index < -0.39 is 0 Å². The van der Waals surface area contributed by atoms with Gasteiger partial charge in [-0.25, -0.2) is 9.97 Å². The predicted octanol–water partition coefficient (Wildman–Crippen LogP) is 3.78. The van der Waals surface area contributed by atoms with Crippen LogP contribution in [0.2, 0.25) is 5.02 Å². The first kappa shape index (κ1) is 18.4. The summed E-state index contributed by atoms with van der Waals surface area (Å²) in [6.45, 7) is 2.85. The normalized spacial score (nSPS) is 16.8. The third-order valence-corrected chi connectivity index (χ3v) is 5.04. The van der Waals surface area contributed by atoms with Gasteiger partial charge in [0, 0.05) is 24.4 Å². The monoisotopic (exact) mass is 398 g/mol. The van der Waals surface area contributed by atoms with Gasteiger partial charge in [0.05, 0.1) is 11.6 Å². The number of benzene rings is 1. The highest BCUT2D eigenvalue weighted by Gasteiger charge is 2.31. The van der Waals surface area contributed by atoms with E-state index in [2.05, 4.69) is 15.1 Å². The average Bonchev–Trinajstić information content (AvgIpc) is 3.10. The standard InChI is InChI=1S/C20H19ClN4O3/c1-13-18(19(24-28-13)15-6-2-3-7-16(15)21)20(26)25-10-4-5-14(11-25)27-17-8-9-22-12-23-17/h2-3,6-9,12,14H,4-5,10-11H2,1H3. The number of carbonyl (C=O) groups is 1. The van der Waals surface area contributed by atoms with Gasteiger partial charge < -0.3 is 14.2 Å². The fraction of sp³-hybridized carbons (Fsp3) is 0.300. The molecule has 0 bridgehead atoms. The minimum absolute atomic E-state index is 0.128. The third-order valence-electron chi connectivity index (χ3n) is 4.71. The molecule has 7 nitrogen and oxygen atoms in total. The number of nitrogens with zero attached hydrogens (tertiary/aromatic N) is 4. The van der Waals surface area contributed by atoms with Gasteiger partial charge >= 0.3 is 0 Å². The molecule has 1 saturated heterocycles. The maximum absolute atomic E-state index is 13.3. The first-order valence-corrected chi connectivity index (χ1v) is 9.44. The van der Waals surface area contributed by atoms with Gasteiger partial charge in [0.2, 0.25) is 5.88 Å². The van der Waals surface area contributed by atoms with Crippen molar-refractivity contribution in [3.05, 3.63) is 59.2 Å². The second-order valence-corrected chi connectivity index (χ2v) is 7.03. The molecule has 1 amide bonds. The summed E-state index contributed by atoms with van der Waals surface area (Å²) >= 11 is 6.31. The Bertz CT molecular complexity index is 977. The molecule has 0 radical (unpaired) electrons. The van der Waals surface area contributed by atoms with Crippen LogP contribution in [0.3, 0.4) is 0 Å². The van der Waals surface area contributed by atoms with E-state index >= 15 is 0 Å². The maximum Gasteiger partial charge on any atom is 0.259 e. The van der Waals surface area contributed by atoms with Crippen molar-refractivity contribution in [1.29, 1.82) is 0 Å². The first-order valence-electron chi connectivity index (χ1n) is 9.06. The van der Waals surface area contributed by atoms with E-state index in [1.54, 1.807) is 30.2 Å². The molecule has 28 heavy (non-hydrogen) atoms. The molecule has 8 heteroatoms. The van der Waals surface area contributed by atoms with Crippen molar-refractivity contribution in [3.63, 3.8) is 0 Å². The van der Waals surface area contributed by atoms with Crippen LogP contribution in [0.25, 0.3) is 11.3 Å². The molecule has 0 saturated carbocycles. The summed E-state index contributed by atoms with van der Waals surface area (Å²) in [4.78, 5) is 23.0. The van der Waals surface area contributed by atoms with Crippen molar-refractivity contribution in [2.24, 2.45) is 0 Å². The lowest BCUT2D eigenvalue weighted by Crippen LogP contribution is -2.44. The van der Waals surface area contributed by atoms with Gasteiger partial charge in [0.1, 0.15) is 29.4 Å². The zero-order valence-corrected chi connectivity index (χ0v) is 16.1. The molecule has 1 aliphatic rings. The molecule has 1 aliphatic heterocycles. The van der Waals surface area contributed by atoms with Crippen LogP contribution in [0.15, 0.2) is 47.4 Å². The largest absolute Gasteiger partial charge is 0.472 e. The number of halogens is 1. The number of carbonyl (C=O) groups excluding carboxylic acids is 1. The lowest BCUT2D eigenvalue weighted by atomic mass is 10.0. The van der Waals surface area contributed by atoms with E-state index in [9.17, 15) is 4.79 Å². The Morgan fingerprint density at radius 3 is 2.96 bits per heavy atom. The summed E-state index contributed by atoms with van der Waals surface area (Å²) in [6.07, 6.45) is 4.64. The van der Waals surface area contributed by atoms with E-state index in [1.165, 1.54) is 6.33 Å². The lowest BCUT2D eigenvalue weighted by Gasteiger charge is -2.32. The van der Waals surface area contributed by atoms with E-state index in [-0.39, 0.29) is 12.0 Å². The van der Waals surface area contributed by atoms with Gasteiger partial charge in [-0.3, -0.25) is 4.79 Å². The number of piperidine rings is 1. The Morgan fingerprint density at radius 2 is 2.18 bits per heavy atom. The van der Waals surface area contributed by atoms with E-state index in [1.807, 2.05) is 18.2 Å². The van der Waals surface area contributed by atoms with Crippen molar-refractivity contribution < 1.29 is 14.1 Å². The number of rotatable bonds is 4. The molecular weight excluding hydrogens is 380 g/mol. The summed E-state index contributed by atoms with van der Waals surface area (Å²) in [6, 6.07) is 8.99. The summed E-state index contributed by atoms with van der Waals surface area (Å²) < 4.78 is 11.2. The highest BCUT2D eigenvalue weighted by atomic mass is 35.5. The van der Waals surface area contributed by atoms with Gasteiger partial charge in [-0.05, 0) is 25.8 Å². The number of ether oxygens (including phenoxy) is 1. The zero-order valence-electron chi connectivity index (χ0n) is 15.3. The van der Waals surface area contributed by atoms with Gasteiger partial charge in [-0.2, -0.15) is 0 Å². The fourth-order valence-corrected chi connectivity index (χ4v) is 3.58. The number of likely N-dealkylation sites (tertiary alicyclic amines) is 1. The molecule has 3 aromatic rings. The second kappa shape index (κ2) is 7.98. The van der Waals surface area contributed by atoms with Crippen molar-refractivity contribution in [1.82, 2.24) is 20.0 Å². The van der Waals surface area contributed by atoms with Crippen LogP contribution in [0.1, 0.15) is 29.0 Å². The number of amides is 1. The van der Waals surface area contributed by atoms with Crippen LogP contribution in [-0.2, 0) is 0 Å². The topological polar surface area (TPSA) is 81.4 Å². The van der Waals surface area contributed by atoms with Gasteiger partial charge in [-0.1, -0.05) is 35.0 Å². The van der Waals surface area contributed by atoms with Crippen LogP contribution in [0.4, 0.5) is 0 Å². The van der Waals surface area contributed by atoms with Crippen LogP contribution >= 0.6 is 11.6 Å². The number of hydrogen-bond donors (Lipinski definition) is 0. The fourth-order valence-electron chi connectivity index (χ4n) is 3.36. The zero-order chi connectivity index (χ0) is 19.5. The average molecular weight is 399 g/mol. The van der Waals surface area contributed by atoms with Crippen molar-refractivity contribution in [2.45, 2.75) is 25.9 Å². The molecule has 4 rings (SSSR count). The molecule has 2 aromatic heterocycles. The third kappa shape index (κ3) is 3.71. The smallest absolute Gasteiger partial charge is 0.259 e. The molecule has 144 valence electrons. The molecule has 0 N–H and O–H groups in total. The molecule has 1 fully saturated rings. The van der Waals surface area contributed by atoms with Crippen molar-refractivity contribution >= 4 is 17.5 Å². The summed E-state index contributed by atoms with van der Waals surface area (Å²) in [5.41, 5.74) is 1.58. The number of aromatic nitrogens is 3. The molecule has 1 atom stereocenters. The van der Waals surface area contributed by atoms with Gasteiger partial charge in [-0.15, -0.1) is 0 Å². The van der Waals surface area contributed by atoms with Crippen LogP contribution < -0.4 is 4.74 Å². The van der Waals surface area contributed by atoms with Crippen LogP contribution in [0, 0.1) is 6.92 Å². The quantitative estimate of drug-likeness (QED) is 0.665. The Hall–Kier alpha value is -2.93. The second-order valence-electron chi connectivity index (χ2n) is 6.62. The summed E-state index contributed by atoms with van der Waals surface area (Å²) in [7, 11) is 0. The van der Waals surface area contributed by atoms with Crippen LogP contribution in [0.5, 0.6) is 5.88 Å². The highest BCUT2D eigenvalue weighted by Crippen LogP contribution is 2.32. The lowest BCUT2D eigenvalue weighted by molar-refractivity contribution is 0.0526. The van der Waals surface area contributed by atoms with Crippen LogP contribution in [-0.4, -0.2) is 45.1 Å². The van der Waals surface area contributed by atoms with Gasteiger partial charge in [0.15, 0.2) is 0 Å². The number of aryl methyl sites for hydroxylation is 1. The van der Waals surface area contributed by atoms with Crippen molar-refractivity contribution in [2.75, 3.05) is 13.1 Å². The molecular formula is C20H19ClN4O3. The minimum Gasteiger partial charge on any atom is -0.472 e. The molecule has 1 aromatic carbocycles.